The highest BCUT2D eigenvalue weighted by Gasteiger charge is 2.49. The van der Waals surface area contributed by atoms with Gasteiger partial charge in [-0.2, -0.15) is 0 Å². The van der Waals surface area contributed by atoms with Gasteiger partial charge in [0.2, 0.25) is 0 Å². The molecule has 0 aliphatic carbocycles. The standard InChI is InChI=1S/C6H10FNO2/c7-3-1-8-5-4(9)2-10-6(3)5/h3-6,8-9H,1-2H2/p+1/t3-,4-,5+,6+/m0/s1. The van der Waals surface area contributed by atoms with Crippen LogP contribution in [0.1, 0.15) is 0 Å². The highest BCUT2D eigenvalue weighted by molar-refractivity contribution is 4.90. The van der Waals surface area contributed by atoms with E-state index in [1.807, 2.05) is 5.32 Å². The third-order valence-corrected chi connectivity index (χ3v) is 2.27. The second-order valence-corrected chi connectivity index (χ2v) is 2.93. The number of alkyl halides is 1. The summed E-state index contributed by atoms with van der Waals surface area (Å²) in [6, 6.07) is -0.0463. The summed E-state index contributed by atoms with van der Waals surface area (Å²) in [5, 5.41) is 11.0. The van der Waals surface area contributed by atoms with E-state index in [1.54, 1.807) is 0 Å². The van der Waals surface area contributed by atoms with Crippen LogP contribution in [0.2, 0.25) is 0 Å². The van der Waals surface area contributed by atoms with Gasteiger partial charge in [-0.3, -0.25) is 0 Å². The van der Waals surface area contributed by atoms with Gasteiger partial charge in [-0.05, 0) is 0 Å². The van der Waals surface area contributed by atoms with Crippen LogP contribution in [0.3, 0.4) is 0 Å². The molecule has 0 aromatic carbocycles. The molecule has 0 amide bonds. The molecule has 0 unspecified atom stereocenters. The Morgan fingerprint density at radius 3 is 3.10 bits per heavy atom. The highest BCUT2D eigenvalue weighted by atomic mass is 19.1. The first-order valence-electron chi connectivity index (χ1n) is 3.56. The summed E-state index contributed by atoms with van der Waals surface area (Å²) in [4.78, 5) is 0. The van der Waals surface area contributed by atoms with Crippen LogP contribution < -0.4 is 5.32 Å². The van der Waals surface area contributed by atoms with E-state index in [9.17, 15) is 9.50 Å². The van der Waals surface area contributed by atoms with E-state index in [2.05, 4.69) is 0 Å². The maximum Gasteiger partial charge on any atom is 0.180 e. The van der Waals surface area contributed by atoms with Crippen molar-refractivity contribution in [2.45, 2.75) is 24.4 Å². The van der Waals surface area contributed by atoms with Gasteiger partial charge in [0.05, 0.1) is 6.61 Å². The molecule has 10 heavy (non-hydrogen) atoms. The molecule has 0 aromatic rings. The third-order valence-electron chi connectivity index (χ3n) is 2.27. The van der Waals surface area contributed by atoms with Crippen LogP contribution in [-0.4, -0.2) is 42.7 Å². The van der Waals surface area contributed by atoms with E-state index >= 15 is 0 Å². The normalized spacial score (nSPS) is 53.4. The summed E-state index contributed by atoms with van der Waals surface area (Å²) in [5.41, 5.74) is 0. The lowest BCUT2D eigenvalue weighted by Gasteiger charge is -2.05. The van der Waals surface area contributed by atoms with Gasteiger partial charge in [0.15, 0.2) is 6.17 Å². The van der Waals surface area contributed by atoms with Gasteiger partial charge >= 0.3 is 0 Å². The SMILES string of the molecule is O[C@H]1CO[C@H]2[C@@H]1[NH2+]C[C@@H]2F. The second kappa shape index (κ2) is 2.15. The average molecular weight is 148 g/mol. The Hall–Kier alpha value is -0.190. The molecule has 3 nitrogen and oxygen atoms in total. The van der Waals surface area contributed by atoms with Gasteiger partial charge in [-0.15, -0.1) is 0 Å². The summed E-state index contributed by atoms with van der Waals surface area (Å²) in [6.07, 6.45) is -1.71. The molecular weight excluding hydrogens is 137 g/mol. The lowest BCUT2D eigenvalue weighted by Crippen LogP contribution is -2.89. The molecule has 4 heteroatoms. The zero-order chi connectivity index (χ0) is 7.14. The number of rotatable bonds is 0. The van der Waals surface area contributed by atoms with E-state index in [-0.39, 0.29) is 12.1 Å². The molecule has 2 saturated heterocycles. The van der Waals surface area contributed by atoms with Gasteiger partial charge in [-0.25, -0.2) is 4.39 Å². The fourth-order valence-corrected chi connectivity index (χ4v) is 1.71. The Labute approximate surface area is 58.2 Å². The molecule has 2 rings (SSSR count). The number of aliphatic hydroxyl groups is 1. The van der Waals surface area contributed by atoms with Crippen LogP contribution >= 0.6 is 0 Å². The number of ether oxygens (including phenoxy) is 1. The number of quaternary nitrogens is 1. The van der Waals surface area contributed by atoms with Crippen molar-refractivity contribution in [3.63, 3.8) is 0 Å². The molecule has 0 radical (unpaired) electrons. The lowest BCUT2D eigenvalue weighted by atomic mass is 10.1. The minimum atomic E-state index is -0.887. The number of aliphatic hydroxyl groups excluding tert-OH is 1. The molecule has 58 valence electrons. The summed E-state index contributed by atoms with van der Waals surface area (Å²) in [7, 11) is 0. The van der Waals surface area contributed by atoms with Gasteiger partial charge in [0.1, 0.15) is 24.8 Å². The second-order valence-electron chi connectivity index (χ2n) is 2.93. The van der Waals surface area contributed by atoms with Crippen LogP contribution in [0, 0.1) is 0 Å². The van der Waals surface area contributed by atoms with Crippen LogP contribution in [0.4, 0.5) is 4.39 Å². The van der Waals surface area contributed by atoms with Gasteiger partial charge < -0.3 is 15.2 Å². The summed E-state index contributed by atoms with van der Waals surface area (Å²) in [5.74, 6) is 0. The van der Waals surface area contributed by atoms with E-state index < -0.39 is 12.3 Å². The largest absolute Gasteiger partial charge is 0.384 e. The minimum Gasteiger partial charge on any atom is -0.384 e. The Bertz CT molecular complexity index is 128. The van der Waals surface area contributed by atoms with Crippen molar-refractivity contribution < 1.29 is 19.6 Å². The van der Waals surface area contributed by atoms with Crippen molar-refractivity contribution >= 4 is 0 Å². The van der Waals surface area contributed by atoms with Gasteiger partial charge in [0, 0.05) is 0 Å². The molecule has 2 fully saturated rings. The Morgan fingerprint density at radius 1 is 1.60 bits per heavy atom. The van der Waals surface area contributed by atoms with Crippen molar-refractivity contribution in [2.24, 2.45) is 0 Å². The smallest absolute Gasteiger partial charge is 0.180 e. The molecule has 0 bridgehead atoms. The Morgan fingerprint density at radius 2 is 2.40 bits per heavy atom. The predicted octanol–water partition coefficient (Wildman–Crippen LogP) is -1.97. The van der Waals surface area contributed by atoms with E-state index in [4.69, 9.17) is 4.74 Å². The van der Waals surface area contributed by atoms with E-state index in [1.165, 1.54) is 0 Å². The summed E-state index contributed by atoms with van der Waals surface area (Å²) >= 11 is 0. The summed E-state index contributed by atoms with van der Waals surface area (Å²) in [6.45, 7) is 0.735. The highest BCUT2D eigenvalue weighted by Crippen LogP contribution is 2.19. The predicted molar refractivity (Wildman–Crippen MR) is 31.2 cm³/mol. The zero-order valence-corrected chi connectivity index (χ0v) is 5.53. The van der Waals surface area contributed by atoms with Gasteiger partial charge in [-0.1, -0.05) is 0 Å². The van der Waals surface area contributed by atoms with Crippen molar-refractivity contribution in [1.82, 2.24) is 0 Å². The fourth-order valence-electron chi connectivity index (χ4n) is 1.71. The first-order chi connectivity index (χ1) is 4.79. The van der Waals surface area contributed by atoms with Crippen molar-refractivity contribution in [2.75, 3.05) is 13.2 Å². The molecule has 0 spiro atoms. The van der Waals surface area contributed by atoms with Crippen LogP contribution in [0.15, 0.2) is 0 Å². The lowest BCUT2D eigenvalue weighted by molar-refractivity contribution is -0.677. The van der Waals surface area contributed by atoms with Gasteiger partial charge in [0.25, 0.3) is 0 Å². The topological polar surface area (TPSA) is 46.1 Å². The average Bonchev–Trinajstić information content (AvgIpc) is 2.41. The minimum absolute atomic E-state index is 0.0463. The number of hydrogen-bond acceptors (Lipinski definition) is 2. The molecule has 3 N–H and O–H groups in total. The number of hydrogen-bond donors (Lipinski definition) is 2. The monoisotopic (exact) mass is 148 g/mol. The number of nitrogens with two attached hydrogens (primary N) is 1. The maximum absolute atomic E-state index is 12.8. The molecular formula is C6H11FNO2+. The Balaban J connectivity index is 2.09. The molecule has 0 aromatic heterocycles. The summed E-state index contributed by atoms with van der Waals surface area (Å²) < 4.78 is 17.8. The van der Waals surface area contributed by atoms with E-state index in [0.29, 0.717) is 13.2 Å². The molecule has 0 saturated carbocycles. The van der Waals surface area contributed by atoms with Crippen LogP contribution in [0.25, 0.3) is 0 Å². The van der Waals surface area contributed by atoms with Crippen LogP contribution in [-0.2, 0) is 4.74 Å². The molecule has 2 aliphatic heterocycles. The maximum atomic E-state index is 12.8. The molecule has 4 atom stereocenters. The third kappa shape index (κ3) is 0.761. The van der Waals surface area contributed by atoms with Crippen molar-refractivity contribution in [3.8, 4) is 0 Å². The number of halogens is 1. The number of fused-ring (bicyclic) bond motifs is 1. The van der Waals surface area contributed by atoms with Crippen molar-refractivity contribution in [1.29, 1.82) is 0 Å². The first-order valence-corrected chi connectivity index (χ1v) is 3.56. The van der Waals surface area contributed by atoms with Crippen molar-refractivity contribution in [3.05, 3.63) is 0 Å². The molecule has 2 heterocycles. The van der Waals surface area contributed by atoms with Crippen LogP contribution in [0.5, 0.6) is 0 Å². The van der Waals surface area contributed by atoms with E-state index in [0.717, 1.165) is 0 Å². The first kappa shape index (κ1) is 6.52. The quantitative estimate of drug-likeness (QED) is 0.418. The Kier molecular flexibility index (Phi) is 1.40. The molecule has 2 aliphatic rings. The fraction of sp³-hybridized carbons (Fsp3) is 1.00. The zero-order valence-electron chi connectivity index (χ0n) is 5.53.